The first kappa shape index (κ1) is 18.8. The lowest BCUT2D eigenvalue weighted by Gasteiger charge is -2.10. The largest absolute Gasteiger partial charge is 0.488 e. The number of nitrogens with one attached hydrogen (secondary N) is 1. The number of thiophene rings is 1. The molecule has 2 aromatic carbocycles. The highest BCUT2D eigenvalue weighted by molar-refractivity contribution is 9.10. The Bertz CT molecular complexity index is 1010. The maximum Gasteiger partial charge on any atom is 0.281 e. The van der Waals surface area contributed by atoms with Gasteiger partial charge in [-0.1, -0.05) is 40.2 Å². The number of nitrogens with zero attached hydrogens (tertiary/aromatic N) is 2. The van der Waals surface area contributed by atoms with E-state index in [4.69, 9.17) is 4.74 Å². The van der Waals surface area contributed by atoms with Gasteiger partial charge in [0.2, 0.25) is 0 Å². The van der Waals surface area contributed by atoms with Crippen LogP contribution >= 0.6 is 27.3 Å². The molecule has 1 aromatic heterocycles. The minimum absolute atomic E-state index is 0.258. The van der Waals surface area contributed by atoms with E-state index >= 15 is 0 Å². The first-order chi connectivity index (χ1) is 13.2. The summed E-state index contributed by atoms with van der Waals surface area (Å²) >= 11 is 4.77. The molecule has 27 heavy (non-hydrogen) atoms. The molecule has 0 aliphatic heterocycles. The van der Waals surface area contributed by atoms with Gasteiger partial charge in [0.25, 0.3) is 5.91 Å². The monoisotopic (exact) mass is 439 g/mol. The first-order valence-electron chi connectivity index (χ1n) is 7.94. The van der Waals surface area contributed by atoms with Crippen molar-refractivity contribution in [1.29, 1.82) is 5.26 Å². The van der Waals surface area contributed by atoms with Gasteiger partial charge in [-0.2, -0.15) is 10.4 Å². The Morgan fingerprint density at radius 1 is 1.26 bits per heavy atom. The van der Waals surface area contributed by atoms with Gasteiger partial charge in [-0.25, -0.2) is 5.43 Å². The van der Waals surface area contributed by atoms with Gasteiger partial charge in [0, 0.05) is 15.6 Å². The molecule has 1 N–H and O–H groups in total. The molecule has 0 bridgehead atoms. The first-order valence-corrected chi connectivity index (χ1v) is 9.62. The number of hydrazone groups is 1. The van der Waals surface area contributed by atoms with Gasteiger partial charge in [0.1, 0.15) is 12.4 Å². The minimum atomic E-state index is -0.262. The predicted molar refractivity (Wildman–Crippen MR) is 109 cm³/mol. The van der Waals surface area contributed by atoms with Crippen LogP contribution < -0.4 is 10.2 Å². The van der Waals surface area contributed by atoms with Crippen molar-refractivity contribution in [3.05, 3.63) is 86.0 Å². The second-order valence-corrected chi connectivity index (χ2v) is 7.28. The zero-order valence-corrected chi connectivity index (χ0v) is 16.5. The van der Waals surface area contributed by atoms with E-state index in [9.17, 15) is 10.1 Å². The Balaban J connectivity index is 1.72. The summed E-state index contributed by atoms with van der Waals surface area (Å²) in [6, 6.07) is 18.5. The Morgan fingerprint density at radius 3 is 2.89 bits per heavy atom. The molecule has 0 atom stereocenters. The van der Waals surface area contributed by atoms with Gasteiger partial charge >= 0.3 is 0 Å². The smallest absolute Gasteiger partial charge is 0.281 e. The van der Waals surface area contributed by atoms with E-state index in [-0.39, 0.29) is 12.5 Å². The summed E-state index contributed by atoms with van der Waals surface area (Å²) < 4.78 is 6.74. The molecule has 0 fully saturated rings. The average Bonchev–Trinajstić information content (AvgIpc) is 3.22. The number of halogens is 1. The van der Waals surface area contributed by atoms with E-state index in [1.54, 1.807) is 12.1 Å². The Labute approximate surface area is 169 Å². The van der Waals surface area contributed by atoms with Crippen molar-refractivity contribution in [2.45, 2.75) is 6.61 Å². The molecule has 0 unspecified atom stereocenters. The standard InChI is InChI=1S/C20H14BrN3O2S/c21-17-7-8-18(26-13-15-5-2-1-4-14(15)11-22)16(10-17)12-23-24-20(25)19-6-3-9-27-19/h1-10,12H,13H2,(H,24,25)/b23-12+. The lowest BCUT2D eigenvalue weighted by atomic mass is 10.1. The molecule has 0 aliphatic rings. The predicted octanol–water partition coefficient (Wildman–Crippen LogP) is 4.73. The molecule has 1 heterocycles. The molecule has 134 valence electrons. The van der Waals surface area contributed by atoms with Gasteiger partial charge in [-0.3, -0.25) is 4.79 Å². The van der Waals surface area contributed by atoms with Crippen LogP contribution in [-0.2, 0) is 6.61 Å². The Kier molecular flexibility index (Phi) is 6.36. The summed E-state index contributed by atoms with van der Waals surface area (Å²) in [4.78, 5) is 12.5. The lowest BCUT2D eigenvalue weighted by Crippen LogP contribution is -2.16. The summed E-state index contributed by atoms with van der Waals surface area (Å²) in [5, 5.41) is 15.0. The number of nitriles is 1. The summed E-state index contributed by atoms with van der Waals surface area (Å²) in [5.41, 5.74) is 4.58. The highest BCUT2D eigenvalue weighted by atomic mass is 79.9. The maximum absolute atomic E-state index is 11.9. The number of carbonyl (C=O) groups is 1. The van der Waals surface area contributed by atoms with E-state index in [0.29, 0.717) is 21.8 Å². The zero-order chi connectivity index (χ0) is 19.1. The van der Waals surface area contributed by atoms with Crippen LogP contribution in [0.2, 0.25) is 0 Å². The summed E-state index contributed by atoms with van der Waals surface area (Å²) in [5.74, 6) is 0.335. The third kappa shape index (κ3) is 5.03. The van der Waals surface area contributed by atoms with Crippen molar-refractivity contribution in [3.8, 4) is 11.8 Å². The van der Waals surface area contributed by atoms with E-state index in [1.807, 2.05) is 47.8 Å². The Morgan fingerprint density at radius 2 is 2.11 bits per heavy atom. The number of hydrogen-bond acceptors (Lipinski definition) is 5. The van der Waals surface area contributed by atoms with Crippen molar-refractivity contribution in [1.82, 2.24) is 5.43 Å². The third-order valence-electron chi connectivity index (χ3n) is 3.61. The van der Waals surface area contributed by atoms with Crippen LogP contribution in [0.1, 0.15) is 26.4 Å². The average molecular weight is 440 g/mol. The van der Waals surface area contributed by atoms with Crippen molar-refractivity contribution in [2.75, 3.05) is 0 Å². The number of rotatable bonds is 6. The molecule has 0 saturated carbocycles. The SMILES string of the molecule is N#Cc1ccccc1COc1ccc(Br)cc1/C=N/NC(=O)c1cccs1. The molecule has 0 saturated heterocycles. The number of amides is 1. The Hall–Kier alpha value is -2.95. The van der Waals surface area contributed by atoms with E-state index in [1.165, 1.54) is 17.6 Å². The van der Waals surface area contributed by atoms with Crippen LogP contribution in [0.5, 0.6) is 5.75 Å². The van der Waals surface area contributed by atoms with Crippen molar-refractivity contribution >= 4 is 39.4 Å². The van der Waals surface area contributed by atoms with Crippen LogP contribution in [0.25, 0.3) is 0 Å². The van der Waals surface area contributed by atoms with Gasteiger partial charge < -0.3 is 4.74 Å². The van der Waals surface area contributed by atoms with E-state index < -0.39 is 0 Å². The van der Waals surface area contributed by atoms with Crippen LogP contribution in [0.3, 0.4) is 0 Å². The number of ether oxygens (including phenoxy) is 1. The maximum atomic E-state index is 11.9. The topological polar surface area (TPSA) is 74.5 Å². The van der Waals surface area contributed by atoms with Crippen molar-refractivity contribution in [2.24, 2.45) is 5.10 Å². The molecular formula is C20H14BrN3O2S. The van der Waals surface area contributed by atoms with Crippen molar-refractivity contribution in [3.63, 3.8) is 0 Å². The third-order valence-corrected chi connectivity index (χ3v) is 4.97. The fourth-order valence-corrected chi connectivity index (χ4v) is 3.28. The van der Waals surface area contributed by atoms with E-state index in [2.05, 4.69) is 32.5 Å². The normalized spacial score (nSPS) is 10.5. The zero-order valence-electron chi connectivity index (χ0n) is 14.1. The van der Waals surface area contributed by atoms with E-state index in [0.717, 1.165) is 10.0 Å². The number of benzene rings is 2. The molecule has 5 nitrogen and oxygen atoms in total. The second-order valence-electron chi connectivity index (χ2n) is 5.42. The van der Waals surface area contributed by atoms with Gasteiger partial charge in [-0.05, 0) is 35.7 Å². The van der Waals surface area contributed by atoms with Crippen LogP contribution in [0.15, 0.2) is 69.6 Å². The lowest BCUT2D eigenvalue weighted by molar-refractivity contribution is 0.0959. The fraction of sp³-hybridized carbons (Fsp3) is 0.0500. The second kappa shape index (κ2) is 9.12. The molecule has 0 spiro atoms. The minimum Gasteiger partial charge on any atom is -0.488 e. The van der Waals surface area contributed by atoms with Crippen LogP contribution in [0, 0.1) is 11.3 Å². The van der Waals surface area contributed by atoms with Gasteiger partial charge in [-0.15, -0.1) is 11.3 Å². The van der Waals surface area contributed by atoms with Crippen molar-refractivity contribution < 1.29 is 9.53 Å². The van der Waals surface area contributed by atoms with Gasteiger partial charge in [0.15, 0.2) is 0 Å². The molecular weight excluding hydrogens is 426 g/mol. The highest BCUT2D eigenvalue weighted by Gasteiger charge is 2.07. The summed E-state index contributed by atoms with van der Waals surface area (Å²) in [6.45, 7) is 0.258. The number of carbonyl (C=O) groups excluding carboxylic acids is 1. The summed E-state index contributed by atoms with van der Waals surface area (Å²) in [7, 11) is 0. The van der Waals surface area contributed by atoms with Crippen LogP contribution in [-0.4, -0.2) is 12.1 Å². The number of hydrogen-bond donors (Lipinski definition) is 1. The van der Waals surface area contributed by atoms with Crippen LogP contribution in [0.4, 0.5) is 0 Å². The molecule has 0 aliphatic carbocycles. The fourth-order valence-electron chi connectivity index (χ4n) is 2.29. The molecule has 7 heteroatoms. The quantitative estimate of drug-likeness (QED) is 0.445. The molecule has 1 amide bonds. The van der Waals surface area contributed by atoms with Gasteiger partial charge in [0.05, 0.1) is 22.7 Å². The molecule has 3 aromatic rings. The molecule has 3 rings (SSSR count). The highest BCUT2D eigenvalue weighted by Crippen LogP contribution is 2.23. The summed E-state index contributed by atoms with van der Waals surface area (Å²) in [6.07, 6.45) is 1.53. The molecule has 0 radical (unpaired) electrons.